The van der Waals surface area contributed by atoms with E-state index in [1.807, 2.05) is 5.54 Å². The average Bonchev–Trinajstić information content (AvgIpc) is 2.72. The summed E-state index contributed by atoms with van der Waals surface area (Å²) in [6, 6.07) is 2.32. The number of aryl methyl sites for hydroxylation is 1. The average molecular weight is 470 g/mol. The molecule has 0 spiro atoms. The normalized spacial score (nSPS) is 15.3. The third-order valence-electron chi connectivity index (χ3n) is 7.15. The van der Waals surface area contributed by atoms with Gasteiger partial charge in [0.1, 0.15) is 25.2 Å². The molecule has 0 aliphatic heterocycles. The van der Waals surface area contributed by atoms with Crippen LogP contribution in [-0.2, 0) is 16.1 Å². The van der Waals surface area contributed by atoms with Gasteiger partial charge in [0, 0.05) is 5.54 Å². The van der Waals surface area contributed by atoms with E-state index in [2.05, 4.69) is 81.1 Å². The zero-order valence-electron chi connectivity index (χ0n) is 21.1. The molecule has 0 saturated heterocycles. The Morgan fingerprint density at radius 1 is 1.13 bits per heavy atom. The molecule has 30 heavy (non-hydrogen) atoms. The molecular formula is C25H44O2P3+. The van der Waals surface area contributed by atoms with Gasteiger partial charge in [0.15, 0.2) is 0 Å². The number of hydrogen-bond donors (Lipinski definition) is 0. The first-order chi connectivity index (χ1) is 13.9. The van der Waals surface area contributed by atoms with Gasteiger partial charge in [-0.3, -0.25) is 4.57 Å². The summed E-state index contributed by atoms with van der Waals surface area (Å²) in [5.74, 6) is 0.986. The van der Waals surface area contributed by atoms with E-state index in [4.69, 9.17) is 4.74 Å². The minimum atomic E-state index is -2.50. The summed E-state index contributed by atoms with van der Waals surface area (Å²) in [7, 11) is 0.280. The van der Waals surface area contributed by atoms with Crippen LogP contribution in [0.25, 0.3) is 0 Å². The Labute approximate surface area is 189 Å². The minimum Gasteiger partial charge on any atom is -0.487 e. The van der Waals surface area contributed by atoms with Crippen LogP contribution >= 0.6 is 22.3 Å². The van der Waals surface area contributed by atoms with Crippen molar-refractivity contribution in [2.24, 2.45) is 0 Å². The number of ether oxygens (including phenoxy) is 1. The summed E-state index contributed by atoms with van der Waals surface area (Å²) < 4.78 is 20.6. The molecule has 0 aliphatic rings. The van der Waals surface area contributed by atoms with Gasteiger partial charge in [0.25, 0.3) is 6.83 Å². The van der Waals surface area contributed by atoms with Gasteiger partial charge >= 0.3 is 0 Å². The maximum atomic E-state index is 13.9. The molecule has 0 N–H and O–H groups in total. The molecule has 5 heteroatoms. The fourth-order valence-corrected chi connectivity index (χ4v) is 11.1. The quantitative estimate of drug-likeness (QED) is 0.302. The van der Waals surface area contributed by atoms with Crippen molar-refractivity contribution in [1.82, 2.24) is 0 Å². The predicted octanol–water partition coefficient (Wildman–Crippen LogP) is 9.00. The van der Waals surface area contributed by atoms with Crippen molar-refractivity contribution in [3.8, 4) is 5.75 Å². The second-order valence-corrected chi connectivity index (χ2v) is 17.8. The molecule has 0 aromatic heterocycles. The molecule has 1 aromatic rings. The van der Waals surface area contributed by atoms with Crippen LogP contribution in [0.3, 0.4) is 0 Å². The Morgan fingerprint density at radius 2 is 1.67 bits per heavy atom. The Balaban J connectivity index is 3.86. The van der Waals surface area contributed by atoms with Crippen molar-refractivity contribution in [1.29, 1.82) is 0 Å². The van der Waals surface area contributed by atoms with Crippen molar-refractivity contribution in [3.05, 3.63) is 28.3 Å². The highest BCUT2D eigenvalue weighted by Gasteiger charge is 2.37. The van der Waals surface area contributed by atoms with Crippen LogP contribution in [0.15, 0.2) is 6.07 Å². The molecule has 0 radical (unpaired) electrons. The highest BCUT2D eigenvalue weighted by molar-refractivity contribution is 8.38. The van der Waals surface area contributed by atoms with Crippen LogP contribution in [0.2, 0.25) is 0 Å². The van der Waals surface area contributed by atoms with E-state index >= 15 is 0 Å². The van der Waals surface area contributed by atoms with Gasteiger partial charge < -0.3 is 4.74 Å². The van der Waals surface area contributed by atoms with E-state index in [1.54, 1.807) is 0 Å². The van der Waals surface area contributed by atoms with Crippen molar-refractivity contribution in [3.63, 3.8) is 0 Å². The summed E-state index contributed by atoms with van der Waals surface area (Å²) in [4.78, 5) is 0. The molecule has 0 fully saturated rings. The van der Waals surface area contributed by atoms with Crippen molar-refractivity contribution in [2.75, 3.05) is 13.3 Å². The Hall–Kier alpha value is -0.410. The zero-order chi connectivity index (χ0) is 23.3. The summed E-state index contributed by atoms with van der Waals surface area (Å²) in [5.41, 5.74) is 6.86. The molecule has 0 aliphatic carbocycles. The van der Waals surface area contributed by atoms with Crippen LogP contribution in [0.5, 0.6) is 5.75 Å². The fraction of sp³-hybridized carbons (Fsp3) is 0.680. The van der Waals surface area contributed by atoms with Gasteiger partial charge in [-0.2, -0.15) is 0 Å². The summed E-state index contributed by atoms with van der Waals surface area (Å²) in [6.07, 6.45) is 8.88. The van der Waals surface area contributed by atoms with Gasteiger partial charge in [-0.1, -0.05) is 40.7 Å². The summed E-state index contributed by atoms with van der Waals surface area (Å²) in [6.45, 7) is 19.4. The Morgan fingerprint density at radius 3 is 2.07 bits per heavy atom. The second kappa shape index (κ2) is 10.9. The maximum Gasteiger partial charge on any atom is 0.290 e. The van der Waals surface area contributed by atoms with Crippen LogP contribution in [-0.4, -0.2) is 30.8 Å². The van der Waals surface area contributed by atoms with Gasteiger partial charge in [-0.25, -0.2) is 0 Å². The Kier molecular flexibility index (Phi) is 10.1. The highest BCUT2D eigenvalue weighted by Crippen LogP contribution is 2.68. The first kappa shape index (κ1) is 27.6. The summed E-state index contributed by atoms with van der Waals surface area (Å²) >= 11 is 0. The first-order valence-corrected chi connectivity index (χ1v) is 17.3. The third kappa shape index (κ3) is 5.88. The van der Waals surface area contributed by atoms with Gasteiger partial charge in [-0.15, -0.1) is 8.20 Å². The topological polar surface area (TPSA) is 26.3 Å². The lowest BCUT2D eigenvalue weighted by Gasteiger charge is -2.35. The van der Waals surface area contributed by atoms with E-state index < -0.39 is 14.1 Å². The van der Waals surface area contributed by atoms with Crippen molar-refractivity contribution >= 4 is 34.1 Å². The largest absolute Gasteiger partial charge is 0.487 e. The van der Waals surface area contributed by atoms with E-state index in [0.29, 0.717) is 6.16 Å². The van der Waals surface area contributed by atoms with Crippen LogP contribution < -0.4 is 4.74 Å². The molecule has 170 valence electrons. The SMILES string of the molecule is C=[P+](C)P(=O)(C=PC)Cc1c(C(C)(CC)CC)cc(C)c(OC(C)(CC)CC)c1C. The van der Waals surface area contributed by atoms with Gasteiger partial charge in [0.05, 0.1) is 12.5 Å². The van der Waals surface area contributed by atoms with Crippen LogP contribution in [0.4, 0.5) is 0 Å². The molecule has 1 rings (SSSR count). The third-order valence-corrected chi connectivity index (χ3v) is 16.3. The molecule has 0 amide bonds. The highest BCUT2D eigenvalue weighted by atomic mass is 32.1. The first-order valence-electron chi connectivity index (χ1n) is 11.3. The van der Waals surface area contributed by atoms with E-state index in [1.165, 1.54) is 22.3 Å². The Bertz CT molecular complexity index is 831. The molecular weight excluding hydrogens is 425 g/mol. The molecule has 0 saturated carbocycles. The molecule has 0 heterocycles. The number of rotatable bonds is 11. The minimum absolute atomic E-state index is 0.0641. The molecule has 2 nitrogen and oxygen atoms in total. The number of hydrogen-bond acceptors (Lipinski definition) is 2. The number of benzene rings is 1. The molecule has 2 atom stereocenters. The second-order valence-electron chi connectivity index (χ2n) is 9.15. The molecule has 2 unspecified atom stereocenters. The summed E-state index contributed by atoms with van der Waals surface area (Å²) in [5, 5.41) is 0. The van der Waals surface area contributed by atoms with Gasteiger partial charge in [0.2, 0.25) is 0 Å². The predicted molar refractivity (Wildman–Crippen MR) is 144 cm³/mol. The van der Waals surface area contributed by atoms with E-state index in [-0.39, 0.29) is 11.0 Å². The molecule has 1 aromatic carbocycles. The van der Waals surface area contributed by atoms with Crippen molar-refractivity contribution in [2.45, 2.75) is 98.3 Å². The molecule has 0 bridgehead atoms. The van der Waals surface area contributed by atoms with Crippen molar-refractivity contribution < 1.29 is 9.30 Å². The fourth-order valence-electron chi connectivity index (χ4n) is 3.83. The lowest BCUT2D eigenvalue weighted by atomic mass is 9.74. The van der Waals surface area contributed by atoms with E-state index in [0.717, 1.165) is 39.6 Å². The lowest BCUT2D eigenvalue weighted by molar-refractivity contribution is 0.0784. The standard InChI is InChI=1S/C25H44O2P3/c1-12-24(7,13-2)22-16-19(5)23(27-25(8,14-3)15-4)20(6)21(22)17-30(26,18-28-9)29(10)11/h16,18H,10,12-15,17H2,1-9,11H3/q+1. The van der Waals surface area contributed by atoms with E-state index in [9.17, 15) is 4.57 Å². The smallest absolute Gasteiger partial charge is 0.290 e. The van der Waals surface area contributed by atoms with Crippen LogP contribution in [0.1, 0.15) is 89.5 Å². The monoisotopic (exact) mass is 469 g/mol. The lowest BCUT2D eigenvalue weighted by Crippen LogP contribution is -2.31. The van der Waals surface area contributed by atoms with Gasteiger partial charge in [-0.05, 0) is 80.8 Å². The zero-order valence-corrected chi connectivity index (χ0v) is 23.7. The maximum absolute atomic E-state index is 13.9. The van der Waals surface area contributed by atoms with Crippen LogP contribution in [0, 0.1) is 13.8 Å².